The van der Waals surface area contributed by atoms with Crippen LogP contribution in [0.2, 0.25) is 0 Å². The lowest BCUT2D eigenvalue weighted by Crippen LogP contribution is -2.07. The number of hydrogen-bond donors (Lipinski definition) is 1. The lowest BCUT2D eigenvalue weighted by molar-refractivity contribution is 0.141. The molecule has 1 fully saturated rings. The molecule has 2 atom stereocenters. The minimum absolute atomic E-state index is 0.0139. The van der Waals surface area contributed by atoms with Gasteiger partial charge in [-0.3, -0.25) is 0 Å². The number of aliphatic hydroxyl groups excluding tert-OH is 1. The third kappa shape index (κ3) is 0.942. The zero-order valence-electron chi connectivity index (χ0n) is 4.72. The maximum atomic E-state index is 9.00. The van der Waals surface area contributed by atoms with Gasteiger partial charge in [0, 0.05) is 0 Å². The Kier molecular flexibility index (Phi) is 1.33. The van der Waals surface area contributed by atoms with Gasteiger partial charge in [0.15, 0.2) is 0 Å². The Morgan fingerprint density at radius 2 is 2.14 bits per heavy atom. The monoisotopic (exact) mass is 100 g/mol. The Labute approximate surface area is 44.4 Å². The SMILES string of the molecule is C[C@@H]1CCCC1O. The van der Waals surface area contributed by atoms with Crippen molar-refractivity contribution in [3.05, 3.63) is 0 Å². The highest BCUT2D eigenvalue weighted by Crippen LogP contribution is 2.23. The zero-order chi connectivity index (χ0) is 5.28. The van der Waals surface area contributed by atoms with Crippen LogP contribution in [-0.4, -0.2) is 11.2 Å². The van der Waals surface area contributed by atoms with Crippen molar-refractivity contribution in [1.82, 2.24) is 0 Å². The molecule has 0 amide bonds. The summed E-state index contributed by atoms with van der Waals surface area (Å²) in [7, 11) is 0. The first-order valence-corrected chi connectivity index (χ1v) is 2.99. The molecule has 1 aliphatic rings. The average Bonchev–Trinajstić information content (AvgIpc) is 1.91. The fraction of sp³-hybridized carbons (Fsp3) is 1.00. The molecule has 42 valence electrons. The Morgan fingerprint density at radius 1 is 1.43 bits per heavy atom. The van der Waals surface area contributed by atoms with Crippen molar-refractivity contribution in [2.75, 3.05) is 0 Å². The molecule has 0 aliphatic heterocycles. The normalized spacial score (nSPS) is 42.0. The summed E-state index contributed by atoms with van der Waals surface area (Å²) < 4.78 is 0. The summed E-state index contributed by atoms with van der Waals surface area (Å²) in [4.78, 5) is 0. The van der Waals surface area contributed by atoms with Gasteiger partial charge >= 0.3 is 0 Å². The van der Waals surface area contributed by atoms with Gasteiger partial charge in [-0.1, -0.05) is 13.3 Å². The molecule has 1 N–H and O–H groups in total. The fourth-order valence-electron chi connectivity index (χ4n) is 1.13. The summed E-state index contributed by atoms with van der Waals surface area (Å²) in [5, 5.41) is 9.00. The summed E-state index contributed by atoms with van der Waals surface area (Å²) in [5.74, 6) is 0.569. The number of hydrogen-bond acceptors (Lipinski definition) is 1. The Bertz CT molecular complexity index is 53.2. The van der Waals surface area contributed by atoms with Crippen molar-refractivity contribution in [3.63, 3.8) is 0 Å². The van der Waals surface area contributed by atoms with Gasteiger partial charge in [0.2, 0.25) is 0 Å². The highest BCUT2D eigenvalue weighted by Gasteiger charge is 2.19. The van der Waals surface area contributed by atoms with Gasteiger partial charge in [-0.2, -0.15) is 0 Å². The first kappa shape index (κ1) is 5.10. The fourth-order valence-corrected chi connectivity index (χ4v) is 1.13. The molecule has 0 aromatic rings. The van der Waals surface area contributed by atoms with Crippen molar-refractivity contribution in [3.8, 4) is 0 Å². The summed E-state index contributed by atoms with van der Waals surface area (Å²) in [6, 6.07) is 0. The topological polar surface area (TPSA) is 20.2 Å². The number of aliphatic hydroxyl groups is 1. The molecule has 0 aromatic heterocycles. The van der Waals surface area contributed by atoms with Crippen LogP contribution in [0.3, 0.4) is 0 Å². The van der Waals surface area contributed by atoms with Crippen molar-refractivity contribution >= 4 is 0 Å². The molecule has 0 aromatic carbocycles. The lowest BCUT2D eigenvalue weighted by atomic mass is 10.1. The van der Waals surface area contributed by atoms with E-state index in [2.05, 4.69) is 6.92 Å². The van der Waals surface area contributed by atoms with Gasteiger partial charge in [-0.25, -0.2) is 0 Å². The van der Waals surface area contributed by atoms with E-state index in [1.807, 2.05) is 0 Å². The third-order valence-corrected chi connectivity index (χ3v) is 1.82. The lowest BCUT2D eigenvalue weighted by Gasteiger charge is -2.04. The Balaban J connectivity index is 2.33. The zero-order valence-corrected chi connectivity index (χ0v) is 4.72. The molecule has 1 nitrogen and oxygen atoms in total. The van der Waals surface area contributed by atoms with Crippen LogP contribution in [0.4, 0.5) is 0 Å². The standard InChI is InChI=1S/C6H12O/c1-5-3-2-4-6(5)7/h5-7H,2-4H2,1H3/t5-,6?/m1/s1. The van der Waals surface area contributed by atoms with Crippen LogP contribution in [0, 0.1) is 5.92 Å². The highest BCUT2D eigenvalue weighted by molar-refractivity contribution is 4.71. The smallest absolute Gasteiger partial charge is 0.0565 e. The van der Waals surface area contributed by atoms with Crippen molar-refractivity contribution < 1.29 is 5.11 Å². The predicted octanol–water partition coefficient (Wildman–Crippen LogP) is 1.17. The molecule has 1 heteroatoms. The average molecular weight is 100 g/mol. The molecule has 7 heavy (non-hydrogen) atoms. The minimum atomic E-state index is 0.0139. The molecule has 0 spiro atoms. The van der Waals surface area contributed by atoms with Gasteiger partial charge in [-0.15, -0.1) is 0 Å². The molecule has 1 saturated carbocycles. The second kappa shape index (κ2) is 1.83. The van der Waals surface area contributed by atoms with E-state index in [0.29, 0.717) is 5.92 Å². The first-order chi connectivity index (χ1) is 3.30. The molecule has 1 rings (SSSR count). The third-order valence-electron chi connectivity index (χ3n) is 1.82. The van der Waals surface area contributed by atoms with Crippen LogP contribution >= 0.6 is 0 Å². The van der Waals surface area contributed by atoms with Crippen LogP contribution in [-0.2, 0) is 0 Å². The van der Waals surface area contributed by atoms with Gasteiger partial charge in [0.05, 0.1) is 6.10 Å². The van der Waals surface area contributed by atoms with Crippen LogP contribution in [0.1, 0.15) is 26.2 Å². The molecule has 0 radical (unpaired) electrons. The van der Waals surface area contributed by atoms with Crippen LogP contribution in [0.25, 0.3) is 0 Å². The van der Waals surface area contributed by atoms with Gasteiger partial charge in [0.25, 0.3) is 0 Å². The molecule has 1 unspecified atom stereocenters. The summed E-state index contributed by atoms with van der Waals surface area (Å²) >= 11 is 0. The molecular weight excluding hydrogens is 88.1 g/mol. The van der Waals surface area contributed by atoms with E-state index in [9.17, 15) is 0 Å². The van der Waals surface area contributed by atoms with E-state index in [4.69, 9.17) is 5.11 Å². The number of rotatable bonds is 0. The van der Waals surface area contributed by atoms with Gasteiger partial charge < -0.3 is 5.11 Å². The van der Waals surface area contributed by atoms with E-state index >= 15 is 0 Å². The summed E-state index contributed by atoms with van der Waals surface area (Å²) in [6.07, 6.45) is 3.49. The summed E-state index contributed by atoms with van der Waals surface area (Å²) in [5.41, 5.74) is 0. The van der Waals surface area contributed by atoms with E-state index < -0.39 is 0 Å². The summed E-state index contributed by atoms with van der Waals surface area (Å²) in [6.45, 7) is 2.11. The van der Waals surface area contributed by atoms with E-state index in [0.717, 1.165) is 6.42 Å². The molecule has 0 saturated heterocycles. The van der Waals surface area contributed by atoms with Crippen molar-refractivity contribution in [2.24, 2.45) is 5.92 Å². The van der Waals surface area contributed by atoms with Gasteiger partial charge in [0.1, 0.15) is 0 Å². The molecule has 0 heterocycles. The first-order valence-electron chi connectivity index (χ1n) is 2.99. The van der Waals surface area contributed by atoms with Crippen molar-refractivity contribution in [2.45, 2.75) is 32.3 Å². The van der Waals surface area contributed by atoms with Crippen LogP contribution in [0.5, 0.6) is 0 Å². The quantitative estimate of drug-likeness (QED) is 0.484. The second-order valence-electron chi connectivity index (χ2n) is 2.48. The van der Waals surface area contributed by atoms with Crippen molar-refractivity contribution in [1.29, 1.82) is 0 Å². The van der Waals surface area contributed by atoms with Crippen LogP contribution in [0.15, 0.2) is 0 Å². The van der Waals surface area contributed by atoms with E-state index in [1.54, 1.807) is 0 Å². The van der Waals surface area contributed by atoms with Gasteiger partial charge in [-0.05, 0) is 18.8 Å². The second-order valence-corrected chi connectivity index (χ2v) is 2.48. The Hall–Kier alpha value is -0.0400. The maximum Gasteiger partial charge on any atom is 0.0565 e. The van der Waals surface area contributed by atoms with Crippen LogP contribution < -0.4 is 0 Å². The van der Waals surface area contributed by atoms with E-state index in [1.165, 1.54) is 12.8 Å². The largest absolute Gasteiger partial charge is 0.393 e. The molecule has 0 bridgehead atoms. The predicted molar refractivity (Wildman–Crippen MR) is 29.0 cm³/mol. The minimum Gasteiger partial charge on any atom is -0.393 e. The molecular formula is C6H12O. The molecule has 1 aliphatic carbocycles. The maximum absolute atomic E-state index is 9.00. The highest BCUT2D eigenvalue weighted by atomic mass is 16.3. The Morgan fingerprint density at radius 3 is 2.29 bits per heavy atom. The van der Waals surface area contributed by atoms with E-state index in [-0.39, 0.29) is 6.10 Å².